The van der Waals surface area contributed by atoms with Crippen LogP contribution in [0.4, 0.5) is 13.2 Å². The fourth-order valence-electron chi connectivity index (χ4n) is 4.95. The molecule has 10 heteroatoms. The third kappa shape index (κ3) is 5.60. The highest BCUT2D eigenvalue weighted by Gasteiger charge is 2.42. The van der Waals surface area contributed by atoms with Gasteiger partial charge in [-0.2, -0.15) is 13.2 Å². The van der Waals surface area contributed by atoms with Crippen LogP contribution >= 0.6 is 23.2 Å². The summed E-state index contributed by atoms with van der Waals surface area (Å²) in [6.45, 7) is 2.29. The zero-order valence-electron chi connectivity index (χ0n) is 19.1. The van der Waals surface area contributed by atoms with E-state index in [1.807, 2.05) is 12.1 Å². The quantitative estimate of drug-likeness (QED) is 0.603. The summed E-state index contributed by atoms with van der Waals surface area (Å²) in [5.41, 5.74) is -0.254. The summed E-state index contributed by atoms with van der Waals surface area (Å²) in [4.78, 5) is 29.8. The Morgan fingerprint density at radius 1 is 1.03 bits per heavy atom. The minimum Gasteiger partial charge on any atom is -0.340 e. The fourth-order valence-corrected chi connectivity index (χ4v) is 5.30. The summed E-state index contributed by atoms with van der Waals surface area (Å²) in [7, 11) is 1.57. The molecule has 2 aliphatic heterocycles. The summed E-state index contributed by atoms with van der Waals surface area (Å²) in [5, 5.41) is 3.36. The van der Waals surface area contributed by atoms with Gasteiger partial charge >= 0.3 is 6.18 Å². The maximum Gasteiger partial charge on any atom is 0.417 e. The van der Waals surface area contributed by atoms with Gasteiger partial charge in [0.2, 0.25) is 5.91 Å². The Morgan fingerprint density at radius 2 is 1.69 bits per heavy atom. The average Bonchev–Trinajstić information content (AvgIpc) is 3.28. The molecule has 1 unspecified atom stereocenters. The van der Waals surface area contributed by atoms with Gasteiger partial charge in [0, 0.05) is 42.6 Å². The van der Waals surface area contributed by atoms with Crippen LogP contribution in [0.15, 0.2) is 42.5 Å². The lowest BCUT2D eigenvalue weighted by molar-refractivity contribution is -0.137. The number of nitrogens with zero attached hydrogens (tertiary/aromatic N) is 2. The van der Waals surface area contributed by atoms with E-state index in [-0.39, 0.29) is 23.3 Å². The van der Waals surface area contributed by atoms with Crippen molar-refractivity contribution in [1.29, 1.82) is 0 Å². The van der Waals surface area contributed by atoms with Crippen LogP contribution in [-0.2, 0) is 11.0 Å². The number of carbonyl (C=O) groups is 2. The lowest BCUT2D eigenvalue weighted by Crippen LogP contribution is -2.43. The molecular formula is C25H26Cl2F3N3O2. The molecule has 2 aromatic rings. The summed E-state index contributed by atoms with van der Waals surface area (Å²) in [5.74, 6) is -0.791. The Balaban J connectivity index is 1.62. The van der Waals surface area contributed by atoms with Gasteiger partial charge in [-0.15, -0.1) is 0 Å². The number of hydrogen-bond acceptors (Lipinski definition) is 3. The normalized spacial score (nSPS) is 21.3. The van der Waals surface area contributed by atoms with Crippen molar-refractivity contribution >= 4 is 35.0 Å². The molecule has 2 atom stereocenters. The van der Waals surface area contributed by atoms with Crippen molar-refractivity contribution in [2.75, 3.05) is 33.2 Å². The van der Waals surface area contributed by atoms with E-state index in [4.69, 9.17) is 23.2 Å². The van der Waals surface area contributed by atoms with Gasteiger partial charge in [0.25, 0.3) is 5.91 Å². The summed E-state index contributed by atoms with van der Waals surface area (Å²) in [6, 6.07) is 9.97. The number of halogens is 5. The van der Waals surface area contributed by atoms with Crippen molar-refractivity contribution in [3.8, 4) is 0 Å². The van der Waals surface area contributed by atoms with Crippen LogP contribution in [0.5, 0.6) is 0 Å². The van der Waals surface area contributed by atoms with Gasteiger partial charge in [-0.3, -0.25) is 9.59 Å². The lowest BCUT2D eigenvalue weighted by atomic mass is 9.93. The van der Waals surface area contributed by atoms with Crippen molar-refractivity contribution in [3.63, 3.8) is 0 Å². The SMILES string of the molecule is CN(C(=O)c1ccc(Cl)c(C(F)(F)F)c1)C1CN(C(=O)C2CCNCC2)C[C@@H]1c1ccc(Cl)cc1. The molecule has 2 aromatic carbocycles. The van der Waals surface area contributed by atoms with Gasteiger partial charge in [0.1, 0.15) is 0 Å². The predicted molar refractivity (Wildman–Crippen MR) is 129 cm³/mol. The number of hydrogen-bond donors (Lipinski definition) is 1. The monoisotopic (exact) mass is 527 g/mol. The largest absolute Gasteiger partial charge is 0.417 e. The standard InChI is InChI=1S/C25H26Cl2F3N3O2/c1-32(23(34)17-4-7-21(27)20(12-17)25(28,29)30)22-14-33(24(35)16-8-10-31-11-9-16)13-19(22)15-2-5-18(26)6-3-15/h2-7,12,16,19,22,31H,8-11,13-14H2,1H3/t19-,22?/m1/s1. The lowest BCUT2D eigenvalue weighted by Gasteiger charge is -2.30. The third-order valence-electron chi connectivity index (χ3n) is 6.92. The molecule has 0 spiro atoms. The average molecular weight is 528 g/mol. The molecule has 2 aliphatic rings. The molecule has 0 bridgehead atoms. The molecule has 35 heavy (non-hydrogen) atoms. The molecule has 0 aliphatic carbocycles. The Kier molecular flexibility index (Phi) is 7.64. The third-order valence-corrected chi connectivity index (χ3v) is 7.51. The minimum absolute atomic E-state index is 0.0552. The van der Waals surface area contributed by atoms with Gasteiger partial charge in [-0.05, 0) is 61.8 Å². The molecule has 5 nitrogen and oxygen atoms in total. The van der Waals surface area contributed by atoms with Crippen molar-refractivity contribution in [2.24, 2.45) is 5.92 Å². The van der Waals surface area contributed by atoms with E-state index < -0.39 is 28.7 Å². The Labute approximate surface area is 212 Å². The number of piperidine rings is 1. The molecule has 2 fully saturated rings. The number of amides is 2. The molecule has 0 radical (unpaired) electrons. The highest BCUT2D eigenvalue weighted by molar-refractivity contribution is 6.31. The number of likely N-dealkylation sites (tertiary alicyclic amines) is 1. The summed E-state index contributed by atoms with van der Waals surface area (Å²) < 4.78 is 40.1. The smallest absolute Gasteiger partial charge is 0.340 e. The molecule has 0 aromatic heterocycles. The zero-order chi connectivity index (χ0) is 25.3. The Hall–Kier alpha value is -2.29. The van der Waals surface area contributed by atoms with Crippen LogP contribution in [0.3, 0.4) is 0 Å². The summed E-state index contributed by atoms with van der Waals surface area (Å²) >= 11 is 11.8. The molecular weight excluding hydrogens is 502 g/mol. The maximum atomic E-state index is 13.4. The number of rotatable bonds is 4. The molecule has 1 N–H and O–H groups in total. The first kappa shape index (κ1) is 25.8. The molecule has 0 saturated carbocycles. The zero-order valence-corrected chi connectivity index (χ0v) is 20.6. The number of benzene rings is 2. The van der Waals surface area contributed by atoms with Crippen LogP contribution in [0.1, 0.15) is 40.2 Å². The molecule has 2 heterocycles. The summed E-state index contributed by atoms with van der Waals surface area (Å²) in [6.07, 6.45) is -3.17. The van der Waals surface area contributed by atoms with E-state index in [2.05, 4.69) is 5.32 Å². The van der Waals surface area contributed by atoms with Crippen LogP contribution in [0, 0.1) is 5.92 Å². The second-order valence-electron chi connectivity index (χ2n) is 9.10. The molecule has 2 saturated heterocycles. The van der Waals surface area contributed by atoms with E-state index in [1.54, 1.807) is 24.1 Å². The minimum atomic E-state index is -4.68. The molecule has 4 rings (SSSR count). The predicted octanol–water partition coefficient (Wildman–Crippen LogP) is 5.08. The first-order valence-corrected chi connectivity index (χ1v) is 12.2. The fraction of sp³-hybridized carbons (Fsp3) is 0.440. The van der Waals surface area contributed by atoms with Crippen LogP contribution in [-0.4, -0.2) is 60.9 Å². The number of carbonyl (C=O) groups excluding carboxylic acids is 2. The van der Waals surface area contributed by atoms with E-state index in [0.717, 1.165) is 43.6 Å². The first-order valence-electron chi connectivity index (χ1n) is 11.4. The topological polar surface area (TPSA) is 52.7 Å². The highest BCUT2D eigenvalue weighted by atomic mass is 35.5. The van der Waals surface area contributed by atoms with E-state index in [9.17, 15) is 22.8 Å². The molecule has 188 valence electrons. The van der Waals surface area contributed by atoms with E-state index in [1.165, 1.54) is 11.0 Å². The van der Waals surface area contributed by atoms with Crippen LogP contribution < -0.4 is 5.32 Å². The van der Waals surface area contributed by atoms with Crippen molar-refractivity contribution in [1.82, 2.24) is 15.1 Å². The van der Waals surface area contributed by atoms with Crippen LogP contribution in [0.25, 0.3) is 0 Å². The number of likely N-dealkylation sites (N-methyl/N-ethyl adjacent to an activating group) is 1. The molecule has 2 amide bonds. The number of alkyl halides is 3. The van der Waals surface area contributed by atoms with E-state index in [0.29, 0.717) is 18.1 Å². The maximum absolute atomic E-state index is 13.4. The van der Waals surface area contributed by atoms with Crippen molar-refractivity contribution in [3.05, 3.63) is 69.2 Å². The van der Waals surface area contributed by atoms with Crippen molar-refractivity contribution < 1.29 is 22.8 Å². The van der Waals surface area contributed by atoms with Gasteiger partial charge in [0.15, 0.2) is 0 Å². The second kappa shape index (κ2) is 10.4. The Morgan fingerprint density at radius 3 is 2.31 bits per heavy atom. The number of nitrogens with one attached hydrogen (secondary N) is 1. The van der Waals surface area contributed by atoms with Crippen molar-refractivity contribution in [2.45, 2.75) is 31.0 Å². The Bertz CT molecular complexity index is 1090. The van der Waals surface area contributed by atoms with Crippen LogP contribution in [0.2, 0.25) is 10.0 Å². The van der Waals surface area contributed by atoms with Gasteiger partial charge in [-0.1, -0.05) is 35.3 Å². The van der Waals surface area contributed by atoms with Gasteiger partial charge < -0.3 is 15.1 Å². The highest BCUT2D eigenvalue weighted by Crippen LogP contribution is 2.37. The second-order valence-corrected chi connectivity index (χ2v) is 9.94. The van der Waals surface area contributed by atoms with Gasteiger partial charge in [0.05, 0.1) is 16.6 Å². The first-order chi connectivity index (χ1) is 16.6. The van der Waals surface area contributed by atoms with Gasteiger partial charge in [-0.25, -0.2) is 0 Å². The van der Waals surface area contributed by atoms with E-state index >= 15 is 0 Å².